The molecule has 3 aromatic carbocycles. The molecule has 1 saturated heterocycles. The lowest BCUT2D eigenvalue weighted by Crippen LogP contribution is -2.29. The number of amides is 1. The van der Waals surface area contributed by atoms with E-state index < -0.39 is 17.7 Å². The molecule has 5 rings (SSSR count). The van der Waals surface area contributed by atoms with Crippen molar-refractivity contribution >= 4 is 55.7 Å². The molecular formula is C26H19ClN2O5S. The van der Waals surface area contributed by atoms with Crippen LogP contribution in [0.5, 0.6) is 11.5 Å². The van der Waals surface area contributed by atoms with Crippen molar-refractivity contribution in [2.45, 2.75) is 6.04 Å². The quantitative estimate of drug-likeness (QED) is 0.215. The van der Waals surface area contributed by atoms with Crippen LogP contribution in [-0.2, 0) is 9.59 Å². The number of hydrogen-bond donors (Lipinski definition) is 1. The van der Waals surface area contributed by atoms with Gasteiger partial charge in [0.05, 0.1) is 41.6 Å². The van der Waals surface area contributed by atoms with Gasteiger partial charge in [-0.15, -0.1) is 0 Å². The number of carbonyl (C=O) groups is 2. The zero-order chi connectivity index (χ0) is 24.7. The molecule has 1 N–H and O–H groups in total. The number of hydrogen-bond acceptors (Lipinski definition) is 7. The fourth-order valence-corrected chi connectivity index (χ4v) is 5.25. The van der Waals surface area contributed by atoms with Gasteiger partial charge in [0.2, 0.25) is 0 Å². The number of ketones is 1. The summed E-state index contributed by atoms with van der Waals surface area (Å²) in [5.74, 6) is -0.901. The summed E-state index contributed by atoms with van der Waals surface area (Å²) in [6.07, 6.45) is 0. The third kappa shape index (κ3) is 3.90. The summed E-state index contributed by atoms with van der Waals surface area (Å²) in [7, 11) is 3.04. The molecule has 0 spiro atoms. The van der Waals surface area contributed by atoms with Crippen molar-refractivity contribution in [2.24, 2.45) is 0 Å². The second-order valence-corrected chi connectivity index (χ2v) is 9.20. The van der Waals surface area contributed by atoms with Gasteiger partial charge in [-0.3, -0.25) is 14.5 Å². The summed E-state index contributed by atoms with van der Waals surface area (Å²) in [6.45, 7) is 0. The molecular weight excluding hydrogens is 488 g/mol. The Bertz CT molecular complexity index is 1500. The predicted molar refractivity (Wildman–Crippen MR) is 135 cm³/mol. The summed E-state index contributed by atoms with van der Waals surface area (Å²) in [4.78, 5) is 32.7. The van der Waals surface area contributed by atoms with Gasteiger partial charge in [0.1, 0.15) is 17.3 Å². The van der Waals surface area contributed by atoms with E-state index in [9.17, 15) is 14.7 Å². The second-order valence-electron chi connectivity index (χ2n) is 7.75. The smallest absolute Gasteiger partial charge is 0.301 e. The molecule has 0 saturated carbocycles. The molecule has 1 aliphatic heterocycles. The number of aliphatic hydroxyl groups excluding tert-OH is 1. The molecule has 0 bridgehead atoms. The molecule has 1 fully saturated rings. The zero-order valence-corrected chi connectivity index (χ0v) is 20.3. The van der Waals surface area contributed by atoms with Gasteiger partial charge in [-0.2, -0.15) is 0 Å². The number of ether oxygens (including phenoxy) is 2. The van der Waals surface area contributed by atoms with Gasteiger partial charge in [0, 0.05) is 5.02 Å². The van der Waals surface area contributed by atoms with Gasteiger partial charge in [-0.1, -0.05) is 47.2 Å². The fraction of sp³-hybridized carbons (Fsp3) is 0.115. The summed E-state index contributed by atoms with van der Waals surface area (Å²) in [5.41, 5.74) is 1.51. The molecule has 1 aromatic heterocycles. The van der Waals surface area contributed by atoms with Crippen LogP contribution in [-0.4, -0.2) is 36.0 Å². The number of nitrogens with zero attached hydrogens (tertiary/aromatic N) is 2. The summed E-state index contributed by atoms with van der Waals surface area (Å²) in [6, 6.07) is 18.0. The Morgan fingerprint density at radius 2 is 1.77 bits per heavy atom. The maximum Gasteiger partial charge on any atom is 0.301 e. The zero-order valence-electron chi connectivity index (χ0n) is 18.7. The summed E-state index contributed by atoms with van der Waals surface area (Å²) < 4.78 is 11.5. The highest BCUT2D eigenvalue weighted by molar-refractivity contribution is 7.22. The van der Waals surface area contributed by atoms with Crippen LogP contribution in [0.3, 0.4) is 0 Å². The van der Waals surface area contributed by atoms with Crippen molar-refractivity contribution in [3.8, 4) is 11.5 Å². The SMILES string of the molecule is COc1ccc2nc(N3C(=O)C(=O)C(=C(O)c4ccccc4OC)C3c3ccc(Cl)cc3)sc2c1. The van der Waals surface area contributed by atoms with E-state index in [1.165, 1.54) is 23.3 Å². The van der Waals surface area contributed by atoms with Crippen molar-refractivity contribution in [3.63, 3.8) is 0 Å². The van der Waals surface area contributed by atoms with Crippen molar-refractivity contribution < 1.29 is 24.2 Å². The van der Waals surface area contributed by atoms with E-state index in [-0.39, 0.29) is 11.3 Å². The molecule has 9 heteroatoms. The Hall–Kier alpha value is -3.88. The largest absolute Gasteiger partial charge is 0.507 e. The van der Waals surface area contributed by atoms with Gasteiger partial charge < -0.3 is 14.6 Å². The van der Waals surface area contributed by atoms with E-state index >= 15 is 0 Å². The van der Waals surface area contributed by atoms with Crippen LogP contribution in [0.1, 0.15) is 17.2 Å². The molecule has 4 aromatic rings. The van der Waals surface area contributed by atoms with Crippen LogP contribution in [0.25, 0.3) is 16.0 Å². The molecule has 7 nitrogen and oxygen atoms in total. The van der Waals surface area contributed by atoms with Crippen molar-refractivity contribution in [2.75, 3.05) is 19.1 Å². The van der Waals surface area contributed by atoms with E-state index in [1.54, 1.807) is 67.8 Å². The van der Waals surface area contributed by atoms with Crippen molar-refractivity contribution in [3.05, 3.63) is 88.5 Å². The Kier molecular flexibility index (Phi) is 5.92. The number of methoxy groups -OCH3 is 2. The van der Waals surface area contributed by atoms with Crippen LogP contribution in [0, 0.1) is 0 Å². The Morgan fingerprint density at radius 3 is 2.49 bits per heavy atom. The molecule has 2 heterocycles. The Labute approximate surface area is 209 Å². The monoisotopic (exact) mass is 506 g/mol. The first-order valence-electron chi connectivity index (χ1n) is 10.6. The highest BCUT2D eigenvalue weighted by atomic mass is 35.5. The van der Waals surface area contributed by atoms with E-state index in [0.717, 1.165) is 4.70 Å². The molecule has 1 atom stereocenters. The third-order valence-corrected chi connectivity index (χ3v) is 7.05. The number of aromatic nitrogens is 1. The highest BCUT2D eigenvalue weighted by Gasteiger charge is 2.48. The standard InChI is InChI=1S/C26H19ClN2O5S/c1-33-16-11-12-18-20(13-16)35-26(28-18)29-22(14-7-9-15(27)10-8-14)21(24(31)25(29)32)23(30)17-5-3-4-6-19(17)34-2/h3-13,22,30H,1-2H3. The van der Waals surface area contributed by atoms with E-state index in [2.05, 4.69) is 4.98 Å². The highest BCUT2D eigenvalue weighted by Crippen LogP contribution is 2.45. The first-order valence-corrected chi connectivity index (χ1v) is 11.8. The van der Waals surface area contributed by atoms with Gasteiger partial charge in [-0.05, 0) is 48.0 Å². The number of carbonyl (C=O) groups excluding carboxylic acids is 2. The lowest BCUT2D eigenvalue weighted by molar-refractivity contribution is -0.132. The molecule has 0 aliphatic carbocycles. The molecule has 1 unspecified atom stereocenters. The number of benzene rings is 3. The van der Waals surface area contributed by atoms with Gasteiger partial charge in [-0.25, -0.2) is 4.98 Å². The van der Waals surface area contributed by atoms with Crippen LogP contribution in [0.15, 0.2) is 72.3 Å². The normalized spacial score (nSPS) is 17.2. The minimum absolute atomic E-state index is 0.0568. The van der Waals surface area contributed by atoms with Gasteiger partial charge in [0.25, 0.3) is 5.78 Å². The van der Waals surface area contributed by atoms with Gasteiger partial charge in [0.15, 0.2) is 5.13 Å². The number of fused-ring (bicyclic) bond motifs is 1. The third-order valence-electron chi connectivity index (χ3n) is 5.78. The average molecular weight is 507 g/mol. The summed E-state index contributed by atoms with van der Waals surface area (Å²) >= 11 is 7.35. The minimum Gasteiger partial charge on any atom is -0.507 e. The van der Waals surface area contributed by atoms with E-state index in [4.69, 9.17) is 21.1 Å². The first kappa shape index (κ1) is 22.9. The maximum absolute atomic E-state index is 13.4. The first-order chi connectivity index (χ1) is 16.9. The molecule has 176 valence electrons. The van der Waals surface area contributed by atoms with Crippen molar-refractivity contribution in [1.29, 1.82) is 0 Å². The van der Waals surface area contributed by atoms with Crippen LogP contribution in [0.2, 0.25) is 5.02 Å². The number of aliphatic hydroxyl groups is 1. The van der Waals surface area contributed by atoms with Crippen LogP contribution >= 0.6 is 22.9 Å². The predicted octanol–water partition coefficient (Wildman–Crippen LogP) is 5.59. The lowest BCUT2D eigenvalue weighted by atomic mass is 9.95. The molecule has 35 heavy (non-hydrogen) atoms. The maximum atomic E-state index is 13.4. The van der Waals surface area contributed by atoms with Gasteiger partial charge >= 0.3 is 5.91 Å². The number of anilines is 1. The van der Waals surface area contributed by atoms with Crippen molar-refractivity contribution in [1.82, 2.24) is 4.98 Å². The lowest BCUT2D eigenvalue weighted by Gasteiger charge is -2.23. The average Bonchev–Trinajstić information content (AvgIpc) is 3.41. The topological polar surface area (TPSA) is 89.0 Å². The number of para-hydroxylation sites is 1. The van der Waals surface area contributed by atoms with E-state index in [0.29, 0.717) is 38.3 Å². The van der Waals surface area contributed by atoms with Crippen LogP contribution in [0.4, 0.5) is 5.13 Å². The number of rotatable bonds is 5. The molecule has 1 amide bonds. The number of thiazole rings is 1. The Morgan fingerprint density at radius 1 is 1.03 bits per heavy atom. The van der Waals surface area contributed by atoms with Crippen LogP contribution < -0.4 is 14.4 Å². The number of halogens is 1. The molecule has 0 radical (unpaired) electrons. The number of Topliss-reactive ketones (excluding diaryl/α,β-unsaturated/α-hetero) is 1. The minimum atomic E-state index is -0.917. The van der Waals surface area contributed by atoms with E-state index in [1.807, 2.05) is 6.07 Å². The second kappa shape index (κ2) is 9.05. The fourth-order valence-electron chi connectivity index (χ4n) is 4.10. The summed E-state index contributed by atoms with van der Waals surface area (Å²) in [5, 5.41) is 12.2. The molecule has 1 aliphatic rings. The Balaban J connectivity index is 1.73.